The Kier molecular flexibility index (Phi) is 6.02. The summed E-state index contributed by atoms with van der Waals surface area (Å²) in [5.41, 5.74) is 0.510. The first kappa shape index (κ1) is 15.2. The summed E-state index contributed by atoms with van der Waals surface area (Å²) in [5, 5.41) is 12.2. The molecule has 0 radical (unpaired) electrons. The maximum Gasteiger partial charge on any atom is 0.313 e. The van der Waals surface area contributed by atoms with Crippen LogP contribution in [-0.4, -0.2) is 36.2 Å². The Labute approximate surface area is 112 Å². The second kappa shape index (κ2) is 7.53. The van der Waals surface area contributed by atoms with E-state index in [9.17, 15) is 14.7 Å². The van der Waals surface area contributed by atoms with Crippen molar-refractivity contribution in [2.24, 2.45) is 5.92 Å². The van der Waals surface area contributed by atoms with Gasteiger partial charge in [-0.3, -0.25) is 9.59 Å². The molecule has 104 valence electrons. The summed E-state index contributed by atoms with van der Waals surface area (Å²) in [6.45, 7) is 3.48. The third-order valence-electron chi connectivity index (χ3n) is 2.69. The Morgan fingerprint density at radius 1 is 1.32 bits per heavy atom. The molecule has 0 aromatic heterocycles. The predicted octanol–water partition coefficient (Wildman–Crippen LogP) is 0.976. The number of carbonyl (C=O) groups is 2. The third kappa shape index (κ3) is 4.71. The lowest BCUT2D eigenvalue weighted by Crippen LogP contribution is -2.39. The molecule has 0 spiro atoms. The Bertz CT molecular complexity index is 417. The molecule has 2 atom stereocenters. The van der Waals surface area contributed by atoms with Crippen molar-refractivity contribution in [1.82, 2.24) is 5.32 Å². The van der Waals surface area contributed by atoms with Crippen LogP contribution in [0.1, 0.15) is 24.2 Å². The minimum Gasteiger partial charge on any atom is -0.466 e. The highest BCUT2D eigenvalue weighted by atomic mass is 16.5. The van der Waals surface area contributed by atoms with Gasteiger partial charge >= 0.3 is 5.97 Å². The van der Waals surface area contributed by atoms with E-state index in [1.165, 1.54) is 6.92 Å². The third-order valence-corrected chi connectivity index (χ3v) is 2.69. The van der Waals surface area contributed by atoms with E-state index in [0.29, 0.717) is 5.56 Å². The summed E-state index contributed by atoms with van der Waals surface area (Å²) in [6.07, 6.45) is -0.880. The van der Waals surface area contributed by atoms with Crippen LogP contribution in [0.15, 0.2) is 30.3 Å². The van der Waals surface area contributed by atoms with Gasteiger partial charge in [-0.05, 0) is 26.0 Å². The van der Waals surface area contributed by atoms with E-state index in [4.69, 9.17) is 4.74 Å². The SMILES string of the molecule is CCOC(=O)[C@H](CNC(=O)c1ccccc1)[C@H](C)O. The molecule has 0 aliphatic carbocycles. The van der Waals surface area contributed by atoms with E-state index in [-0.39, 0.29) is 19.1 Å². The number of amides is 1. The Morgan fingerprint density at radius 3 is 2.47 bits per heavy atom. The maximum atomic E-state index is 11.8. The first-order chi connectivity index (χ1) is 9.06. The van der Waals surface area contributed by atoms with Gasteiger partial charge in [-0.25, -0.2) is 0 Å². The number of aliphatic hydroxyl groups excluding tert-OH is 1. The van der Waals surface area contributed by atoms with Gasteiger partial charge in [0.1, 0.15) is 0 Å². The van der Waals surface area contributed by atoms with E-state index in [1.54, 1.807) is 31.2 Å². The normalized spacial score (nSPS) is 13.4. The van der Waals surface area contributed by atoms with Crippen LogP contribution < -0.4 is 5.32 Å². The monoisotopic (exact) mass is 265 g/mol. The molecule has 0 aliphatic rings. The molecule has 0 bridgehead atoms. The summed E-state index contributed by atoms with van der Waals surface area (Å²) in [6, 6.07) is 8.68. The number of nitrogens with one attached hydrogen (secondary N) is 1. The topological polar surface area (TPSA) is 75.6 Å². The fourth-order valence-electron chi connectivity index (χ4n) is 1.59. The van der Waals surface area contributed by atoms with Gasteiger partial charge in [-0.2, -0.15) is 0 Å². The Morgan fingerprint density at radius 2 is 1.95 bits per heavy atom. The van der Waals surface area contributed by atoms with Gasteiger partial charge in [0.25, 0.3) is 5.91 Å². The number of rotatable bonds is 6. The molecule has 5 heteroatoms. The summed E-state index contributed by atoms with van der Waals surface area (Å²) >= 11 is 0. The Balaban J connectivity index is 2.57. The fourth-order valence-corrected chi connectivity index (χ4v) is 1.59. The van der Waals surface area contributed by atoms with Crippen molar-refractivity contribution in [2.45, 2.75) is 20.0 Å². The van der Waals surface area contributed by atoms with Gasteiger partial charge in [0.05, 0.1) is 18.6 Å². The lowest BCUT2D eigenvalue weighted by molar-refractivity contribution is -0.151. The van der Waals surface area contributed by atoms with Gasteiger partial charge in [0.2, 0.25) is 0 Å². The highest BCUT2D eigenvalue weighted by molar-refractivity contribution is 5.94. The summed E-state index contributed by atoms with van der Waals surface area (Å²) in [7, 11) is 0. The first-order valence-corrected chi connectivity index (χ1v) is 6.24. The van der Waals surface area contributed by atoms with Crippen molar-refractivity contribution in [3.63, 3.8) is 0 Å². The van der Waals surface area contributed by atoms with E-state index in [1.807, 2.05) is 6.07 Å². The van der Waals surface area contributed by atoms with Crippen LogP contribution in [0.5, 0.6) is 0 Å². The molecule has 1 amide bonds. The molecule has 2 N–H and O–H groups in total. The average Bonchev–Trinajstić information content (AvgIpc) is 2.39. The maximum absolute atomic E-state index is 11.8. The Hall–Kier alpha value is -1.88. The minimum atomic E-state index is -0.880. The zero-order chi connectivity index (χ0) is 14.3. The zero-order valence-corrected chi connectivity index (χ0v) is 11.1. The van der Waals surface area contributed by atoms with Crippen molar-refractivity contribution in [3.05, 3.63) is 35.9 Å². The zero-order valence-electron chi connectivity index (χ0n) is 11.1. The van der Waals surface area contributed by atoms with Crippen LogP contribution >= 0.6 is 0 Å². The van der Waals surface area contributed by atoms with E-state index in [2.05, 4.69) is 5.32 Å². The van der Waals surface area contributed by atoms with Crippen LogP contribution in [0.2, 0.25) is 0 Å². The highest BCUT2D eigenvalue weighted by Gasteiger charge is 2.25. The number of hydrogen-bond donors (Lipinski definition) is 2. The van der Waals surface area contributed by atoms with Gasteiger partial charge in [-0.15, -0.1) is 0 Å². The van der Waals surface area contributed by atoms with Gasteiger partial charge in [-0.1, -0.05) is 18.2 Å². The van der Waals surface area contributed by atoms with Crippen molar-refractivity contribution in [1.29, 1.82) is 0 Å². The molecule has 1 rings (SSSR count). The molecule has 0 fully saturated rings. The summed E-state index contributed by atoms with van der Waals surface area (Å²) < 4.78 is 4.85. The fraction of sp³-hybridized carbons (Fsp3) is 0.429. The number of hydrogen-bond acceptors (Lipinski definition) is 4. The second-order valence-electron chi connectivity index (χ2n) is 4.18. The van der Waals surface area contributed by atoms with E-state index in [0.717, 1.165) is 0 Å². The number of benzene rings is 1. The smallest absolute Gasteiger partial charge is 0.313 e. The van der Waals surface area contributed by atoms with Crippen molar-refractivity contribution >= 4 is 11.9 Å². The highest BCUT2D eigenvalue weighted by Crippen LogP contribution is 2.06. The first-order valence-electron chi connectivity index (χ1n) is 6.24. The molecule has 0 heterocycles. The van der Waals surface area contributed by atoms with Crippen LogP contribution in [0.4, 0.5) is 0 Å². The summed E-state index contributed by atoms with van der Waals surface area (Å²) in [4.78, 5) is 23.4. The number of carbonyl (C=O) groups excluding carboxylic acids is 2. The van der Waals surface area contributed by atoms with E-state index >= 15 is 0 Å². The van der Waals surface area contributed by atoms with Crippen LogP contribution in [0, 0.1) is 5.92 Å². The van der Waals surface area contributed by atoms with Crippen molar-refractivity contribution in [3.8, 4) is 0 Å². The average molecular weight is 265 g/mol. The minimum absolute atomic E-state index is 0.0459. The van der Waals surface area contributed by atoms with E-state index < -0.39 is 18.0 Å². The van der Waals surface area contributed by atoms with Crippen molar-refractivity contribution in [2.75, 3.05) is 13.2 Å². The molecule has 0 unspecified atom stereocenters. The van der Waals surface area contributed by atoms with Crippen LogP contribution in [0.3, 0.4) is 0 Å². The molecular formula is C14H19NO4. The van der Waals surface area contributed by atoms with Gasteiger partial charge < -0.3 is 15.2 Å². The lowest BCUT2D eigenvalue weighted by Gasteiger charge is -2.18. The molecule has 19 heavy (non-hydrogen) atoms. The number of aliphatic hydroxyl groups is 1. The van der Waals surface area contributed by atoms with Crippen LogP contribution in [-0.2, 0) is 9.53 Å². The number of ether oxygens (including phenoxy) is 1. The summed E-state index contributed by atoms with van der Waals surface area (Å²) in [5.74, 6) is -1.55. The lowest BCUT2D eigenvalue weighted by atomic mass is 10.0. The van der Waals surface area contributed by atoms with Crippen LogP contribution in [0.25, 0.3) is 0 Å². The molecule has 5 nitrogen and oxygen atoms in total. The quantitative estimate of drug-likeness (QED) is 0.752. The standard InChI is InChI=1S/C14H19NO4/c1-3-19-14(18)12(10(2)16)9-15-13(17)11-7-5-4-6-8-11/h4-8,10,12,16H,3,9H2,1-2H3,(H,15,17)/t10-,12+/m0/s1. The van der Waals surface area contributed by atoms with Gasteiger partial charge in [0, 0.05) is 12.1 Å². The molecule has 0 aliphatic heterocycles. The molecule has 0 saturated heterocycles. The molecular weight excluding hydrogens is 246 g/mol. The molecule has 1 aromatic carbocycles. The number of esters is 1. The largest absolute Gasteiger partial charge is 0.466 e. The second-order valence-corrected chi connectivity index (χ2v) is 4.18. The molecule has 0 saturated carbocycles. The predicted molar refractivity (Wildman–Crippen MR) is 70.6 cm³/mol. The van der Waals surface area contributed by atoms with Crippen molar-refractivity contribution < 1.29 is 19.4 Å². The molecule has 1 aromatic rings. The van der Waals surface area contributed by atoms with Gasteiger partial charge in [0.15, 0.2) is 0 Å².